The number of hydrogen-bond donors (Lipinski definition) is 0. The molecule has 77 heavy (non-hydrogen) atoms. The summed E-state index contributed by atoms with van der Waals surface area (Å²) in [6, 6.07) is 52.4. The minimum atomic E-state index is -4.72. The van der Waals surface area contributed by atoms with Crippen molar-refractivity contribution in [3.63, 3.8) is 0 Å². The third kappa shape index (κ3) is 7.85. The van der Waals surface area contributed by atoms with Gasteiger partial charge in [0, 0.05) is 22.3 Å². The van der Waals surface area contributed by atoms with Gasteiger partial charge in [0.15, 0.2) is 0 Å². The molecule has 20 heteroatoms. The molecule has 0 fully saturated rings. The Balaban J connectivity index is 0.973. The maximum absolute atomic E-state index is 13.9. The lowest BCUT2D eigenvalue weighted by molar-refractivity contribution is -0.166. The van der Waals surface area contributed by atoms with Crippen molar-refractivity contribution in [2.45, 2.75) is 52.8 Å². The second kappa shape index (κ2) is 16.7. The monoisotopic (exact) mass is 1060 g/mol. The fourth-order valence-electron chi connectivity index (χ4n) is 10.0. The van der Waals surface area contributed by atoms with Gasteiger partial charge >= 0.3 is 47.4 Å². The quantitative estimate of drug-likeness (QED) is 0.0860. The first-order valence-electron chi connectivity index (χ1n) is 23.4. The normalized spacial score (nSPS) is 17.3. The molecule has 8 aromatic rings. The Morgan fingerprint density at radius 1 is 0.195 bits per heavy atom. The van der Waals surface area contributed by atoms with E-state index in [1.165, 1.54) is 48.5 Å². The number of nitrogens with zero attached hydrogens (tertiary/aromatic N) is 8. The van der Waals surface area contributed by atoms with E-state index in [2.05, 4.69) is 40.9 Å². The topological polar surface area (TPSA) is 98.9 Å². The lowest BCUT2D eigenvalue weighted by Gasteiger charge is -2.37. The highest BCUT2D eigenvalue weighted by Crippen LogP contribution is 2.56. The molecule has 8 nitrogen and oxygen atoms in total. The molecule has 4 aliphatic rings. The van der Waals surface area contributed by atoms with Gasteiger partial charge in [-0.25, -0.2) is 0 Å². The molecule has 0 unspecified atom stereocenters. The molecule has 12 rings (SSSR count). The first-order chi connectivity index (χ1) is 36.5. The van der Waals surface area contributed by atoms with Gasteiger partial charge in [-0.2, -0.15) is 52.7 Å². The Morgan fingerprint density at radius 3 is 0.442 bits per heavy atom. The molecule has 0 radical (unpaired) electrons. The molecule has 0 aliphatic carbocycles. The van der Waals surface area contributed by atoms with Crippen molar-refractivity contribution in [2.75, 3.05) is 0 Å². The van der Waals surface area contributed by atoms with Crippen molar-refractivity contribution >= 4 is 0 Å². The van der Waals surface area contributed by atoms with Crippen LogP contribution in [0.3, 0.4) is 0 Å². The zero-order chi connectivity index (χ0) is 54.0. The summed E-state index contributed by atoms with van der Waals surface area (Å²) in [5.41, 5.74) is -4.53. The van der Waals surface area contributed by atoms with E-state index >= 15 is 0 Å². The summed E-state index contributed by atoms with van der Waals surface area (Å²) in [5.74, 6) is 0. The van der Waals surface area contributed by atoms with Crippen LogP contribution in [0.1, 0.15) is 44.5 Å². The highest BCUT2D eigenvalue weighted by Gasteiger charge is 2.67. The van der Waals surface area contributed by atoms with Crippen molar-refractivity contribution < 1.29 is 52.7 Å². The summed E-state index contributed by atoms with van der Waals surface area (Å²) < 4.78 is 166. The fraction of sp³-hybridized carbons (Fsp3) is 0.158. The fourth-order valence-corrected chi connectivity index (χ4v) is 10.0. The molecule has 0 N–H and O–H groups in total. The Hall–Kier alpha value is -8.68. The molecule has 0 atom stereocenters. The highest BCUT2D eigenvalue weighted by atomic mass is 19.4. The minimum Gasteiger partial charge on any atom is -0.166 e. The molecule has 8 aromatic carbocycles. The Kier molecular flexibility index (Phi) is 10.6. The van der Waals surface area contributed by atoms with E-state index in [4.69, 9.17) is 0 Å². The van der Waals surface area contributed by atoms with E-state index in [-0.39, 0.29) is 22.3 Å². The van der Waals surface area contributed by atoms with E-state index in [1.807, 2.05) is 97.1 Å². The summed E-state index contributed by atoms with van der Waals surface area (Å²) in [5, 5.41) is 26.4. The van der Waals surface area contributed by atoms with Crippen molar-refractivity contribution in [1.29, 1.82) is 0 Å². The zero-order valence-corrected chi connectivity index (χ0v) is 39.1. The van der Waals surface area contributed by atoms with Crippen LogP contribution in [-0.2, 0) is 28.1 Å². The number of rotatable bonds is 12. The predicted octanol–water partition coefficient (Wildman–Crippen LogP) is 17.5. The van der Waals surface area contributed by atoms with Crippen LogP contribution in [-0.4, -0.2) is 24.7 Å². The molecule has 0 bridgehead atoms. The van der Waals surface area contributed by atoms with Crippen molar-refractivity contribution in [3.8, 4) is 44.5 Å². The van der Waals surface area contributed by atoms with Crippen LogP contribution in [0, 0.1) is 0 Å². The van der Waals surface area contributed by atoms with Gasteiger partial charge in [-0.3, -0.25) is 0 Å². The van der Waals surface area contributed by atoms with Gasteiger partial charge in [-0.05, 0) is 66.8 Å². The van der Waals surface area contributed by atoms with Crippen LogP contribution in [0.5, 0.6) is 0 Å². The molecule has 0 aromatic heterocycles. The summed E-state index contributed by atoms with van der Waals surface area (Å²) in [4.78, 5) is 0. The smallest absolute Gasteiger partial charge is 0.166 e. The standard InChI is InChI=1S/C57H32F12N8/c58-54(59,60)50(70-71-50)45-25-9-37(10-26-45)33-1-17-41(18-2-33)49(42-19-3-34(4-20-42)38-11-27-46(28-12-38)51(72-73-51)55(61,62)63,43-21-5-35(6-22-43)39-13-29-47(30-14-39)52(74-75-52)56(64,65)66)44-23-7-36(8-24-44)40-15-31-48(32-16-40)53(76-77-53)57(67,68)69/h1-32H. The maximum Gasteiger partial charge on any atom is 0.442 e. The molecule has 384 valence electrons. The van der Waals surface area contributed by atoms with E-state index < -0.39 is 52.8 Å². The molecule has 0 saturated carbocycles. The number of alkyl halides is 12. The Bertz CT molecular complexity index is 3180. The Labute approximate surface area is 428 Å². The van der Waals surface area contributed by atoms with Gasteiger partial charge < -0.3 is 0 Å². The average Bonchev–Trinajstić information content (AvgIpc) is 4.25. The predicted molar refractivity (Wildman–Crippen MR) is 257 cm³/mol. The first-order valence-corrected chi connectivity index (χ1v) is 23.4. The van der Waals surface area contributed by atoms with Gasteiger partial charge in [0.1, 0.15) is 0 Å². The maximum atomic E-state index is 13.9. The van der Waals surface area contributed by atoms with Gasteiger partial charge in [0.05, 0.1) is 5.41 Å². The second-order valence-corrected chi connectivity index (χ2v) is 18.8. The molecule has 0 amide bonds. The third-order valence-electron chi connectivity index (χ3n) is 14.5. The van der Waals surface area contributed by atoms with E-state index in [0.29, 0.717) is 66.8 Å². The van der Waals surface area contributed by atoms with Crippen molar-refractivity contribution in [3.05, 3.63) is 239 Å². The first kappa shape index (κ1) is 49.2. The zero-order valence-electron chi connectivity index (χ0n) is 39.1. The summed E-state index contributed by atoms with van der Waals surface area (Å²) in [6.45, 7) is 0. The molecular weight excluding hydrogens is 1020 g/mol. The van der Waals surface area contributed by atoms with Gasteiger partial charge in [-0.15, -0.1) is 40.9 Å². The third-order valence-corrected chi connectivity index (χ3v) is 14.5. The molecule has 4 heterocycles. The lowest BCUT2D eigenvalue weighted by atomic mass is 9.64. The number of hydrogen-bond acceptors (Lipinski definition) is 8. The van der Waals surface area contributed by atoms with Crippen LogP contribution in [0.15, 0.2) is 235 Å². The van der Waals surface area contributed by atoms with Gasteiger partial charge in [-0.1, -0.05) is 194 Å². The van der Waals surface area contributed by atoms with Crippen LogP contribution < -0.4 is 0 Å². The van der Waals surface area contributed by atoms with Crippen LogP contribution in [0.25, 0.3) is 44.5 Å². The largest absolute Gasteiger partial charge is 0.442 e. The highest BCUT2D eigenvalue weighted by molar-refractivity contribution is 5.73. The number of halogens is 12. The molecule has 4 aliphatic heterocycles. The molecular formula is C57H32F12N8. The molecule has 0 spiro atoms. The molecule has 0 saturated heterocycles. The van der Waals surface area contributed by atoms with Crippen LogP contribution in [0.4, 0.5) is 52.7 Å². The Morgan fingerprint density at radius 2 is 0.325 bits per heavy atom. The average molecular weight is 1060 g/mol. The van der Waals surface area contributed by atoms with E-state index in [0.717, 1.165) is 0 Å². The summed E-state index contributed by atoms with van der Waals surface area (Å²) >= 11 is 0. The second-order valence-electron chi connectivity index (χ2n) is 18.8. The van der Waals surface area contributed by atoms with E-state index in [1.54, 1.807) is 48.5 Å². The van der Waals surface area contributed by atoms with Gasteiger partial charge in [0.25, 0.3) is 0 Å². The lowest BCUT2D eigenvalue weighted by Crippen LogP contribution is -2.31. The SMILES string of the molecule is FC(F)(F)C1(c2ccc(-c3ccc(C(c4ccc(-c5ccc(C6(C(F)(F)F)N=N6)cc5)cc4)(c4ccc(-c5ccc(C6(C(F)(F)F)N=N6)cc5)cc4)c4ccc(-c5ccc(C6(C(F)(F)F)N=N6)cc5)cc4)cc3)cc2)N=N1. The summed E-state index contributed by atoms with van der Waals surface area (Å²) in [7, 11) is 0. The van der Waals surface area contributed by atoms with Crippen LogP contribution >= 0.6 is 0 Å². The minimum absolute atomic E-state index is 0.139. The van der Waals surface area contributed by atoms with Crippen LogP contribution in [0.2, 0.25) is 0 Å². The number of benzene rings is 8. The summed E-state index contributed by atoms with van der Waals surface area (Å²) in [6.07, 6.45) is -18.9. The van der Waals surface area contributed by atoms with Gasteiger partial charge in [0.2, 0.25) is 0 Å². The van der Waals surface area contributed by atoms with Crippen molar-refractivity contribution in [2.24, 2.45) is 40.9 Å². The van der Waals surface area contributed by atoms with Crippen molar-refractivity contribution in [1.82, 2.24) is 0 Å². The van der Waals surface area contributed by atoms with E-state index in [9.17, 15) is 52.7 Å².